The molecule has 0 aliphatic carbocycles. The standard InChI is InChI=1S/C15H32N2O/c1-5-7-9-17(6-2)12-15(8-10-18-13-15)11-16-14(3)4/h14,16H,5-13H2,1-4H3. The van der Waals surface area contributed by atoms with Gasteiger partial charge in [0.1, 0.15) is 0 Å². The number of hydrogen-bond acceptors (Lipinski definition) is 3. The van der Waals surface area contributed by atoms with Crippen molar-refractivity contribution in [1.82, 2.24) is 10.2 Å². The monoisotopic (exact) mass is 256 g/mol. The van der Waals surface area contributed by atoms with Gasteiger partial charge in [0, 0.05) is 31.2 Å². The summed E-state index contributed by atoms with van der Waals surface area (Å²) in [6.07, 6.45) is 3.79. The van der Waals surface area contributed by atoms with Crippen molar-refractivity contribution in [3.05, 3.63) is 0 Å². The zero-order valence-electron chi connectivity index (χ0n) is 12.8. The van der Waals surface area contributed by atoms with Crippen molar-refractivity contribution < 1.29 is 4.74 Å². The number of nitrogens with zero attached hydrogens (tertiary/aromatic N) is 1. The van der Waals surface area contributed by atoms with Crippen molar-refractivity contribution >= 4 is 0 Å². The molecule has 1 heterocycles. The Balaban J connectivity index is 2.49. The number of unbranched alkanes of at least 4 members (excludes halogenated alkanes) is 1. The SMILES string of the molecule is CCCCN(CC)CC1(CNC(C)C)CCOC1. The highest BCUT2D eigenvalue weighted by Crippen LogP contribution is 2.29. The van der Waals surface area contributed by atoms with Gasteiger partial charge in [0.15, 0.2) is 0 Å². The van der Waals surface area contributed by atoms with Gasteiger partial charge in [0.2, 0.25) is 0 Å². The fraction of sp³-hybridized carbons (Fsp3) is 1.00. The first-order valence-electron chi connectivity index (χ1n) is 7.65. The summed E-state index contributed by atoms with van der Waals surface area (Å²) in [5.41, 5.74) is 0.341. The van der Waals surface area contributed by atoms with E-state index in [-0.39, 0.29) is 0 Å². The van der Waals surface area contributed by atoms with Gasteiger partial charge >= 0.3 is 0 Å². The molecule has 0 aromatic heterocycles. The van der Waals surface area contributed by atoms with Crippen LogP contribution in [0.4, 0.5) is 0 Å². The van der Waals surface area contributed by atoms with Gasteiger partial charge in [-0.05, 0) is 25.9 Å². The molecule has 1 atom stereocenters. The van der Waals surface area contributed by atoms with Gasteiger partial charge < -0.3 is 15.0 Å². The molecule has 0 amide bonds. The predicted octanol–water partition coefficient (Wildman–Crippen LogP) is 2.51. The highest BCUT2D eigenvalue weighted by atomic mass is 16.5. The molecule has 1 unspecified atom stereocenters. The van der Waals surface area contributed by atoms with Crippen molar-refractivity contribution in [3.63, 3.8) is 0 Å². The Bertz CT molecular complexity index is 213. The minimum absolute atomic E-state index is 0.341. The van der Waals surface area contributed by atoms with Crippen molar-refractivity contribution in [1.29, 1.82) is 0 Å². The van der Waals surface area contributed by atoms with E-state index in [9.17, 15) is 0 Å². The Morgan fingerprint density at radius 2 is 2.11 bits per heavy atom. The maximum absolute atomic E-state index is 5.68. The van der Waals surface area contributed by atoms with Crippen molar-refractivity contribution in [2.75, 3.05) is 39.4 Å². The van der Waals surface area contributed by atoms with E-state index in [0.717, 1.165) is 26.3 Å². The molecular weight excluding hydrogens is 224 g/mol. The summed E-state index contributed by atoms with van der Waals surface area (Å²) in [6.45, 7) is 15.5. The van der Waals surface area contributed by atoms with Gasteiger partial charge in [-0.2, -0.15) is 0 Å². The molecule has 1 aliphatic rings. The highest BCUT2D eigenvalue weighted by molar-refractivity contribution is 4.88. The van der Waals surface area contributed by atoms with E-state index >= 15 is 0 Å². The van der Waals surface area contributed by atoms with Gasteiger partial charge in [-0.15, -0.1) is 0 Å². The summed E-state index contributed by atoms with van der Waals surface area (Å²) >= 11 is 0. The van der Waals surface area contributed by atoms with E-state index in [2.05, 4.69) is 37.9 Å². The second-order valence-electron chi connectivity index (χ2n) is 6.06. The number of ether oxygens (including phenoxy) is 1. The third kappa shape index (κ3) is 5.25. The zero-order chi connectivity index (χ0) is 13.4. The molecule has 0 aromatic carbocycles. The average molecular weight is 256 g/mol. The van der Waals surface area contributed by atoms with E-state index < -0.39 is 0 Å². The van der Waals surface area contributed by atoms with Crippen LogP contribution >= 0.6 is 0 Å². The molecule has 0 aromatic rings. The van der Waals surface area contributed by atoms with Crippen LogP contribution in [-0.2, 0) is 4.74 Å². The Hall–Kier alpha value is -0.120. The summed E-state index contributed by atoms with van der Waals surface area (Å²) in [4.78, 5) is 2.60. The highest BCUT2D eigenvalue weighted by Gasteiger charge is 2.36. The first kappa shape index (κ1) is 15.9. The summed E-state index contributed by atoms with van der Waals surface area (Å²) in [5.74, 6) is 0. The van der Waals surface area contributed by atoms with Gasteiger partial charge in [-0.3, -0.25) is 0 Å². The van der Waals surface area contributed by atoms with Crippen LogP contribution < -0.4 is 5.32 Å². The summed E-state index contributed by atoms with van der Waals surface area (Å²) < 4.78 is 5.68. The first-order valence-corrected chi connectivity index (χ1v) is 7.65. The molecule has 1 rings (SSSR count). The largest absolute Gasteiger partial charge is 0.381 e. The molecule has 3 nitrogen and oxygen atoms in total. The number of rotatable bonds is 9. The molecule has 0 radical (unpaired) electrons. The van der Waals surface area contributed by atoms with Crippen LogP contribution in [0.3, 0.4) is 0 Å². The molecule has 3 heteroatoms. The van der Waals surface area contributed by atoms with Crippen LogP contribution in [0.1, 0.15) is 47.0 Å². The van der Waals surface area contributed by atoms with Gasteiger partial charge in [-0.25, -0.2) is 0 Å². The summed E-state index contributed by atoms with van der Waals surface area (Å²) in [5, 5.41) is 3.61. The molecule has 0 spiro atoms. The molecule has 0 bridgehead atoms. The maximum atomic E-state index is 5.68. The van der Waals surface area contributed by atoms with E-state index in [0.29, 0.717) is 11.5 Å². The Morgan fingerprint density at radius 1 is 1.33 bits per heavy atom. The molecule has 1 aliphatic heterocycles. The number of hydrogen-bond donors (Lipinski definition) is 1. The second-order valence-corrected chi connectivity index (χ2v) is 6.06. The Kier molecular flexibility index (Phi) is 7.20. The number of nitrogens with one attached hydrogen (secondary N) is 1. The Morgan fingerprint density at radius 3 is 2.61 bits per heavy atom. The molecule has 1 fully saturated rings. The van der Waals surface area contributed by atoms with Crippen molar-refractivity contribution in [2.45, 2.75) is 53.0 Å². The lowest BCUT2D eigenvalue weighted by molar-refractivity contribution is 0.108. The molecule has 0 saturated carbocycles. The molecule has 1 saturated heterocycles. The van der Waals surface area contributed by atoms with E-state index in [1.165, 1.54) is 32.4 Å². The predicted molar refractivity (Wildman–Crippen MR) is 78.0 cm³/mol. The van der Waals surface area contributed by atoms with Crippen LogP contribution in [0.5, 0.6) is 0 Å². The smallest absolute Gasteiger partial charge is 0.0547 e. The minimum atomic E-state index is 0.341. The fourth-order valence-electron chi connectivity index (χ4n) is 2.60. The normalized spacial score (nSPS) is 24.3. The van der Waals surface area contributed by atoms with Crippen LogP contribution in [0.2, 0.25) is 0 Å². The van der Waals surface area contributed by atoms with E-state index in [4.69, 9.17) is 4.74 Å². The van der Waals surface area contributed by atoms with E-state index in [1.54, 1.807) is 0 Å². The average Bonchev–Trinajstić information content (AvgIpc) is 2.81. The van der Waals surface area contributed by atoms with Gasteiger partial charge in [-0.1, -0.05) is 34.1 Å². The Labute approximate surface area is 113 Å². The van der Waals surface area contributed by atoms with Gasteiger partial charge in [0.25, 0.3) is 0 Å². The van der Waals surface area contributed by atoms with Crippen LogP contribution in [-0.4, -0.2) is 50.3 Å². The molecular formula is C15H32N2O. The fourth-order valence-corrected chi connectivity index (χ4v) is 2.60. The van der Waals surface area contributed by atoms with Crippen molar-refractivity contribution in [2.24, 2.45) is 5.41 Å². The lowest BCUT2D eigenvalue weighted by Crippen LogP contribution is -2.46. The molecule has 18 heavy (non-hydrogen) atoms. The second kappa shape index (κ2) is 8.13. The topological polar surface area (TPSA) is 24.5 Å². The lowest BCUT2D eigenvalue weighted by Gasteiger charge is -2.34. The maximum Gasteiger partial charge on any atom is 0.0547 e. The van der Waals surface area contributed by atoms with Gasteiger partial charge in [0.05, 0.1) is 6.61 Å². The summed E-state index contributed by atoms with van der Waals surface area (Å²) in [6, 6.07) is 0.563. The molecule has 1 N–H and O–H groups in total. The van der Waals surface area contributed by atoms with Crippen LogP contribution in [0.15, 0.2) is 0 Å². The zero-order valence-corrected chi connectivity index (χ0v) is 12.8. The quantitative estimate of drug-likeness (QED) is 0.686. The summed E-state index contributed by atoms with van der Waals surface area (Å²) in [7, 11) is 0. The lowest BCUT2D eigenvalue weighted by atomic mass is 9.86. The van der Waals surface area contributed by atoms with E-state index in [1.807, 2.05) is 0 Å². The third-order valence-electron chi connectivity index (χ3n) is 3.90. The molecule has 108 valence electrons. The van der Waals surface area contributed by atoms with Crippen molar-refractivity contribution in [3.8, 4) is 0 Å². The van der Waals surface area contributed by atoms with Crippen LogP contribution in [0, 0.1) is 5.41 Å². The van der Waals surface area contributed by atoms with Crippen LogP contribution in [0.25, 0.3) is 0 Å². The third-order valence-corrected chi connectivity index (χ3v) is 3.90. The first-order chi connectivity index (χ1) is 8.62. The minimum Gasteiger partial charge on any atom is -0.381 e.